The quantitative estimate of drug-likeness (QED) is 0.773. The minimum absolute atomic E-state index is 0.122. The van der Waals surface area contributed by atoms with E-state index in [1.807, 2.05) is 36.4 Å². The molecule has 26 heavy (non-hydrogen) atoms. The molecule has 3 rings (SSSR count). The van der Waals surface area contributed by atoms with Crippen LogP contribution in [0.25, 0.3) is 10.8 Å². The van der Waals surface area contributed by atoms with E-state index in [1.54, 1.807) is 13.0 Å². The highest BCUT2D eigenvalue weighted by molar-refractivity contribution is 5.93. The van der Waals surface area contributed by atoms with E-state index in [0.717, 1.165) is 15.3 Å². The smallest absolute Gasteiger partial charge is 0.332 e. The van der Waals surface area contributed by atoms with Crippen molar-refractivity contribution in [2.75, 3.05) is 5.32 Å². The van der Waals surface area contributed by atoms with Crippen molar-refractivity contribution < 1.29 is 9.53 Å². The van der Waals surface area contributed by atoms with Gasteiger partial charge < -0.3 is 10.1 Å². The number of anilines is 1. The lowest BCUT2D eigenvalue weighted by Crippen LogP contribution is -2.39. The first kappa shape index (κ1) is 17.5. The molecule has 1 atom stereocenters. The summed E-state index contributed by atoms with van der Waals surface area (Å²) in [4.78, 5) is 36.0. The highest BCUT2D eigenvalue weighted by Gasteiger charge is 2.17. The highest BCUT2D eigenvalue weighted by atomic mass is 16.5. The number of hydrogen-bond acceptors (Lipinski definition) is 4. The molecular weight excluding hydrogens is 334 g/mol. The minimum atomic E-state index is -0.810. The molecular formula is C19H19N3O4. The standard InChI is InChI=1S/C19H19N3O4/c1-12(26-15-9-8-13-6-4-5-7-14(13)10-15)18(24)20-16-11-17(23)22(3)19(25)21(16)2/h4-12H,1-3H3,(H,20,24)/t12-/m1/s1. The fourth-order valence-electron chi connectivity index (χ4n) is 2.58. The Balaban J connectivity index is 1.77. The van der Waals surface area contributed by atoms with Crippen LogP contribution in [0.1, 0.15) is 6.92 Å². The Morgan fingerprint density at radius 2 is 1.69 bits per heavy atom. The minimum Gasteiger partial charge on any atom is -0.481 e. The van der Waals surface area contributed by atoms with Crippen molar-refractivity contribution in [2.24, 2.45) is 14.1 Å². The van der Waals surface area contributed by atoms with Gasteiger partial charge in [-0.15, -0.1) is 0 Å². The third-order valence-corrected chi connectivity index (χ3v) is 4.18. The lowest BCUT2D eigenvalue weighted by molar-refractivity contribution is -0.122. The van der Waals surface area contributed by atoms with Gasteiger partial charge in [-0.3, -0.25) is 18.7 Å². The van der Waals surface area contributed by atoms with Crippen LogP contribution < -0.4 is 21.3 Å². The van der Waals surface area contributed by atoms with Gasteiger partial charge in [0.05, 0.1) is 0 Å². The number of benzene rings is 2. The maximum atomic E-state index is 12.4. The Kier molecular flexibility index (Phi) is 4.62. The van der Waals surface area contributed by atoms with Crippen LogP contribution in [0.15, 0.2) is 58.1 Å². The molecule has 7 nitrogen and oxygen atoms in total. The number of rotatable bonds is 4. The highest BCUT2D eigenvalue weighted by Crippen LogP contribution is 2.21. The first-order chi connectivity index (χ1) is 12.4. The second kappa shape index (κ2) is 6.87. The fraction of sp³-hybridized carbons (Fsp3) is 0.211. The second-order valence-corrected chi connectivity index (χ2v) is 6.03. The largest absolute Gasteiger partial charge is 0.481 e. The Hall–Kier alpha value is -3.35. The first-order valence-electron chi connectivity index (χ1n) is 8.10. The van der Waals surface area contributed by atoms with Crippen molar-refractivity contribution in [3.63, 3.8) is 0 Å². The fourth-order valence-corrected chi connectivity index (χ4v) is 2.58. The lowest BCUT2D eigenvalue weighted by atomic mass is 10.1. The molecule has 0 aliphatic carbocycles. The Morgan fingerprint density at radius 1 is 1.00 bits per heavy atom. The van der Waals surface area contributed by atoms with Crippen LogP contribution >= 0.6 is 0 Å². The van der Waals surface area contributed by atoms with Gasteiger partial charge >= 0.3 is 5.69 Å². The number of ether oxygens (including phenoxy) is 1. The van der Waals surface area contributed by atoms with Gasteiger partial charge in [-0.25, -0.2) is 4.79 Å². The Morgan fingerprint density at radius 3 is 2.42 bits per heavy atom. The van der Waals surface area contributed by atoms with Gasteiger partial charge in [-0.1, -0.05) is 30.3 Å². The Bertz CT molecular complexity index is 1100. The molecule has 134 valence electrons. The molecule has 3 aromatic rings. The third kappa shape index (κ3) is 3.37. The van der Waals surface area contributed by atoms with Crippen molar-refractivity contribution in [1.82, 2.24) is 9.13 Å². The van der Waals surface area contributed by atoms with Crippen LogP contribution in [-0.2, 0) is 18.9 Å². The normalized spacial score (nSPS) is 12.0. The SMILES string of the molecule is C[C@@H](Oc1ccc2ccccc2c1)C(=O)Nc1cc(=O)n(C)c(=O)n1C. The first-order valence-corrected chi connectivity index (χ1v) is 8.10. The Labute approximate surface area is 149 Å². The predicted octanol–water partition coefficient (Wildman–Crippen LogP) is 1.64. The summed E-state index contributed by atoms with van der Waals surface area (Å²) in [6.07, 6.45) is -0.810. The molecule has 1 aromatic heterocycles. The van der Waals surface area contributed by atoms with Gasteiger partial charge in [0.2, 0.25) is 0 Å². The molecule has 0 spiro atoms. The molecule has 0 unspecified atom stereocenters. The van der Waals surface area contributed by atoms with E-state index in [2.05, 4.69) is 5.32 Å². The van der Waals surface area contributed by atoms with Gasteiger partial charge in [0, 0.05) is 20.2 Å². The molecule has 0 saturated carbocycles. The van der Waals surface area contributed by atoms with Crippen LogP contribution in [0.3, 0.4) is 0 Å². The maximum absolute atomic E-state index is 12.4. The van der Waals surface area contributed by atoms with E-state index >= 15 is 0 Å². The van der Waals surface area contributed by atoms with Gasteiger partial charge in [0.15, 0.2) is 6.10 Å². The molecule has 7 heteroatoms. The van der Waals surface area contributed by atoms with Crippen LogP contribution in [0, 0.1) is 0 Å². The second-order valence-electron chi connectivity index (χ2n) is 6.03. The molecule has 0 aliphatic heterocycles. The topological polar surface area (TPSA) is 82.3 Å². The van der Waals surface area contributed by atoms with Gasteiger partial charge in [0.1, 0.15) is 11.6 Å². The van der Waals surface area contributed by atoms with Crippen molar-refractivity contribution >= 4 is 22.5 Å². The van der Waals surface area contributed by atoms with Gasteiger partial charge in [-0.05, 0) is 29.8 Å². The van der Waals surface area contributed by atoms with Gasteiger partial charge in [0.25, 0.3) is 11.5 Å². The maximum Gasteiger partial charge on any atom is 0.332 e. The van der Waals surface area contributed by atoms with E-state index in [-0.39, 0.29) is 5.82 Å². The molecule has 0 fully saturated rings. The van der Waals surface area contributed by atoms with Crippen LogP contribution in [0.4, 0.5) is 5.82 Å². The molecule has 1 heterocycles. The van der Waals surface area contributed by atoms with Crippen molar-refractivity contribution in [2.45, 2.75) is 13.0 Å². The molecule has 0 radical (unpaired) electrons. The van der Waals surface area contributed by atoms with E-state index in [4.69, 9.17) is 4.74 Å². The summed E-state index contributed by atoms with van der Waals surface area (Å²) in [5.41, 5.74) is -1.01. The molecule has 2 aromatic carbocycles. The van der Waals surface area contributed by atoms with Crippen molar-refractivity contribution in [1.29, 1.82) is 0 Å². The van der Waals surface area contributed by atoms with Crippen molar-refractivity contribution in [3.05, 3.63) is 69.4 Å². The third-order valence-electron chi connectivity index (χ3n) is 4.18. The van der Waals surface area contributed by atoms with E-state index in [1.165, 1.54) is 24.7 Å². The summed E-state index contributed by atoms with van der Waals surface area (Å²) >= 11 is 0. The van der Waals surface area contributed by atoms with Gasteiger partial charge in [-0.2, -0.15) is 0 Å². The molecule has 0 saturated heterocycles. The summed E-state index contributed by atoms with van der Waals surface area (Å²) in [7, 11) is 2.86. The molecule has 0 aliphatic rings. The number of carbonyl (C=O) groups is 1. The van der Waals surface area contributed by atoms with Crippen LogP contribution in [0.2, 0.25) is 0 Å². The average molecular weight is 353 g/mol. The van der Waals surface area contributed by atoms with Crippen LogP contribution in [-0.4, -0.2) is 21.1 Å². The number of carbonyl (C=O) groups excluding carboxylic acids is 1. The summed E-state index contributed by atoms with van der Waals surface area (Å²) in [6.45, 7) is 1.60. The lowest BCUT2D eigenvalue weighted by Gasteiger charge is -2.16. The van der Waals surface area contributed by atoms with E-state index in [9.17, 15) is 14.4 Å². The number of nitrogens with zero attached hydrogens (tertiary/aromatic N) is 2. The average Bonchev–Trinajstić information content (AvgIpc) is 2.64. The number of nitrogens with one attached hydrogen (secondary N) is 1. The van der Waals surface area contributed by atoms with Crippen molar-refractivity contribution in [3.8, 4) is 5.75 Å². The predicted molar refractivity (Wildman–Crippen MR) is 99.6 cm³/mol. The zero-order valence-corrected chi connectivity index (χ0v) is 14.7. The number of fused-ring (bicyclic) bond motifs is 1. The number of hydrogen-bond donors (Lipinski definition) is 1. The molecule has 0 bridgehead atoms. The monoisotopic (exact) mass is 353 g/mol. The van der Waals surface area contributed by atoms with E-state index < -0.39 is 23.3 Å². The summed E-state index contributed by atoms with van der Waals surface area (Å²) in [5.74, 6) is 0.225. The number of amides is 1. The van der Waals surface area contributed by atoms with E-state index in [0.29, 0.717) is 5.75 Å². The molecule has 1 N–H and O–H groups in total. The molecule has 1 amide bonds. The number of aromatic nitrogens is 2. The van der Waals surface area contributed by atoms with Crippen LogP contribution in [0.5, 0.6) is 5.75 Å². The zero-order valence-electron chi connectivity index (χ0n) is 14.7. The summed E-state index contributed by atoms with van der Waals surface area (Å²) in [5, 5.41) is 4.64. The summed E-state index contributed by atoms with van der Waals surface area (Å²) in [6, 6.07) is 14.6. The summed E-state index contributed by atoms with van der Waals surface area (Å²) < 4.78 is 7.86. The zero-order chi connectivity index (χ0) is 18.8.